The number of nitrogens with zero attached hydrogens (tertiary/aromatic N) is 1. The molecule has 0 radical (unpaired) electrons. The molecule has 0 saturated heterocycles. The van der Waals surface area contributed by atoms with Crippen molar-refractivity contribution in [2.75, 3.05) is 26.4 Å². The zero-order valence-electron chi connectivity index (χ0n) is 15.4. The molecular formula is C17H29NO7. The van der Waals surface area contributed by atoms with E-state index >= 15 is 0 Å². The molecule has 25 heavy (non-hydrogen) atoms. The van der Waals surface area contributed by atoms with E-state index < -0.39 is 18.2 Å². The summed E-state index contributed by atoms with van der Waals surface area (Å²) in [6.45, 7) is 10.8. The summed E-state index contributed by atoms with van der Waals surface area (Å²) in [6.07, 6.45) is -1.57. The van der Waals surface area contributed by atoms with Gasteiger partial charge in [0.15, 0.2) is 0 Å². The van der Waals surface area contributed by atoms with Gasteiger partial charge in [-0.05, 0) is 18.3 Å². The van der Waals surface area contributed by atoms with Crippen LogP contribution in [0.15, 0.2) is 12.3 Å². The van der Waals surface area contributed by atoms with Gasteiger partial charge in [0.1, 0.15) is 6.61 Å². The van der Waals surface area contributed by atoms with E-state index in [0.717, 1.165) is 0 Å². The van der Waals surface area contributed by atoms with Gasteiger partial charge < -0.3 is 19.3 Å². The minimum atomic E-state index is -0.932. The van der Waals surface area contributed by atoms with Crippen molar-refractivity contribution in [1.82, 2.24) is 4.90 Å². The summed E-state index contributed by atoms with van der Waals surface area (Å²) in [5.41, 5.74) is -0.0696. The highest BCUT2D eigenvalue weighted by molar-refractivity contribution is 5.90. The van der Waals surface area contributed by atoms with Crippen LogP contribution in [0.3, 0.4) is 0 Å². The number of aliphatic hydroxyl groups excluding tert-OH is 1. The van der Waals surface area contributed by atoms with Crippen molar-refractivity contribution in [3.8, 4) is 0 Å². The fourth-order valence-electron chi connectivity index (χ4n) is 1.46. The van der Waals surface area contributed by atoms with Crippen LogP contribution in [-0.4, -0.2) is 54.6 Å². The number of carbonyl (C=O) groups is 3. The lowest BCUT2D eigenvalue weighted by Crippen LogP contribution is -2.39. The second kappa shape index (κ2) is 12.3. The maximum Gasteiger partial charge on any atom is 0.423 e. The number of imide groups is 1. The smallest absolute Gasteiger partial charge is 0.423 e. The Kier molecular flexibility index (Phi) is 11.3. The van der Waals surface area contributed by atoms with Crippen molar-refractivity contribution in [3.63, 3.8) is 0 Å². The van der Waals surface area contributed by atoms with E-state index in [-0.39, 0.29) is 56.8 Å². The first-order valence-corrected chi connectivity index (χ1v) is 8.26. The molecular weight excluding hydrogens is 330 g/mol. The van der Waals surface area contributed by atoms with Gasteiger partial charge >= 0.3 is 18.2 Å². The minimum absolute atomic E-state index is 0.0272. The number of amides is 2. The van der Waals surface area contributed by atoms with Gasteiger partial charge in [0, 0.05) is 13.0 Å². The molecule has 2 amide bonds. The van der Waals surface area contributed by atoms with E-state index in [1.165, 1.54) is 0 Å². The predicted octanol–water partition coefficient (Wildman–Crippen LogP) is 2.70. The third kappa shape index (κ3) is 10.4. The summed E-state index contributed by atoms with van der Waals surface area (Å²) in [5, 5.41) is 8.68. The molecule has 0 spiro atoms. The molecule has 0 fully saturated rings. The number of rotatable bonds is 10. The van der Waals surface area contributed by atoms with Crippen LogP contribution in [0.2, 0.25) is 0 Å². The van der Waals surface area contributed by atoms with Crippen LogP contribution in [0.4, 0.5) is 9.59 Å². The van der Waals surface area contributed by atoms with Crippen LogP contribution < -0.4 is 0 Å². The van der Waals surface area contributed by atoms with E-state index in [0.29, 0.717) is 4.90 Å². The molecule has 0 bridgehead atoms. The standard InChI is InChI=1S/C17H29NO7/c1-12(2)9-24-16(21)18(17(22)25-10-13(3)4)14(5)11-23-15(20)7-6-8-19/h12-13,19H,5-11H2,1-4H3. The Morgan fingerprint density at radius 3 is 1.84 bits per heavy atom. The van der Waals surface area contributed by atoms with Crippen LogP contribution in [0.5, 0.6) is 0 Å². The van der Waals surface area contributed by atoms with Gasteiger partial charge in [0.2, 0.25) is 0 Å². The van der Waals surface area contributed by atoms with Crippen LogP contribution in [0.25, 0.3) is 0 Å². The van der Waals surface area contributed by atoms with Crippen molar-refractivity contribution < 1.29 is 33.7 Å². The van der Waals surface area contributed by atoms with Gasteiger partial charge in [-0.2, -0.15) is 4.90 Å². The highest BCUT2D eigenvalue weighted by Crippen LogP contribution is 2.11. The molecule has 0 aliphatic heterocycles. The van der Waals surface area contributed by atoms with Crippen molar-refractivity contribution >= 4 is 18.2 Å². The van der Waals surface area contributed by atoms with Gasteiger partial charge in [0.05, 0.1) is 18.9 Å². The first-order valence-electron chi connectivity index (χ1n) is 8.26. The molecule has 0 heterocycles. The van der Waals surface area contributed by atoms with Gasteiger partial charge in [-0.1, -0.05) is 34.3 Å². The van der Waals surface area contributed by atoms with E-state index in [2.05, 4.69) is 6.58 Å². The lowest BCUT2D eigenvalue weighted by Gasteiger charge is -2.22. The molecule has 0 unspecified atom stereocenters. The Balaban J connectivity index is 4.84. The van der Waals surface area contributed by atoms with Gasteiger partial charge in [-0.15, -0.1) is 0 Å². The Labute approximate surface area is 148 Å². The Bertz CT molecular complexity index is 436. The van der Waals surface area contributed by atoms with Crippen molar-refractivity contribution in [2.45, 2.75) is 40.5 Å². The maximum absolute atomic E-state index is 12.2. The molecule has 0 aliphatic carbocycles. The number of ether oxygens (including phenoxy) is 3. The average Bonchev–Trinajstić information content (AvgIpc) is 2.54. The Morgan fingerprint density at radius 2 is 1.44 bits per heavy atom. The number of aliphatic hydroxyl groups is 1. The van der Waals surface area contributed by atoms with Gasteiger partial charge in [-0.3, -0.25) is 4.79 Å². The zero-order valence-corrected chi connectivity index (χ0v) is 15.4. The molecule has 0 saturated carbocycles. The van der Waals surface area contributed by atoms with Crippen molar-refractivity contribution in [1.29, 1.82) is 0 Å². The van der Waals surface area contributed by atoms with Crippen molar-refractivity contribution in [3.05, 3.63) is 12.3 Å². The molecule has 0 aromatic carbocycles. The lowest BCUT2D eigenvalue weighted by molar-refractivity contribution is -0.143. The summed E-state index contributed by atoms with van der Waals surface area (Å²) < 4.78 is 15.0. The molecule has 144 valence electrons. The van der Waals surface area contributed by atoms with Crippen LogP contribution >= 0.6 is 0 Å². The van der Waals surface area contributed by atoms with E-state index in [1.807, 2.05) is 27.7 Å². The molecule has 0 aromatic heterocycles. The molecule has 8 nitrogen and oxygen atoms in total. The molecule has 0 atom stereocenters. The fourth-order valence-corrected chi connectivity index (χ4v) is 1.46. The number of esters is 1. The van der Waals surface area contributed by atoms with Crippen LogP contribution in [-0.2, 0) is 19.0 Å². The molecule has 0 rings (SSSR count). The molecule has 0 aromatic rings. The number of carbonyl (C=O) groups excluding carboxylic acids is 3. The molecule has 1 N–H and O–H groups in total. The van der Waals surface area contributed by atoms with E-state index in [9.17, 15) is 14.4 Å². The topological polar surface area (TPSA) is 102 Å². The minimum Gasteiger partial charge on any atom is -0.459 e. The quantitative estimate of drug-likeness (QED) is 0.472. The summed E-state index contributed by atoms with van der Waals surface area (Å²) in [7, 11) is 0. The first-order chi connectivity index (χ1) is 11.7. The monoisotopic (exact) mass is 359 g/mol. The SMILES string of the molecule is C=C(COC(=O)CCCO)N(C(=O)OCC(C)C)C(=O)OCC(C)C. The lowest BCUT2D eigenvalue weighted by atomic mass is 10.2. The third-order valence-corrected chi connectivity index (χ3v) is 2.70. The van der Waals surface area contributed by atoms with Crippen LogP contribution in [0, 0.1) is 11.8 Å². The fraction of sp³-hybridized carbons (Fsp3) is 0.706. The predicted molar refractivity (Wildman–Crippen MR) is 90.6 cm³/mol. The first kappa shape index (κ1) is 22.9. The summed E-state index contributed by atoms with van der Waals surface area (Å²) in [4.78, 5) is 36.4. The second-order valence-electron chi connectivity index (χ2n) is 6.33. The summed E-state index contributed by atoms with van der Waals surface area (Å²) >= 11 is 0. The summed E-state index contributed by atoms with van der Waals surface area (Å²) in [5.74, 6) is -0.398. The third-order valence-electron chi connectivity index (χ3n) is 2.70. The summed E-state index contributed by atoms with van der Waals surface area (Å²) in [6, 6.07) is 0. The maximum atomic E-state index is 12.2. The Hall–Kier alpha value is -2.09. The van der Waals surface area contributed by atoms with Crippen molar-refractivity contribution in [2.24, 2.45) is 11.8 Å². The average molecular weight is 359 g/mol. The Morgan fingerprint density at radius 1 is 0.960 bits per heavy atom. The number of hydrogen-bond acceptors (Lipinski definition) is 7. The van der Waals surface area contributed by atoms with Gasteiger partial charge in [0.25, 0.3) is 0 Å². The molecule has 0 aliphatic rings. The van der Waals surface area contributed by atoms with Crippen LogP contribution in [0.1, 0.15) is 40.5 Å². The highest BCUT2D eigenvalue weighted by Gasteiger charge is 2.28. The van der Waals surface area contributed by atoms with E-state index in [4.69, 9.17) is 19.3 Å². The highest BCUT2D eigenvalue weighted by atomic mass is 16.6. The normalized spacial score (nSPS) is 10.5. The van der Waals surface area contributed by atoms with Gasteiger partial charge in [-0.25, -0.2) is 9.59 Å². The second-order valence-corrected chi connectivity index (χ2v) is 6.33. The molecule has 8 heteroatoms. The largest absolute Gasteiger partial charge is 0.459 e. The number of hydrogen-bond donors (Lipinski definition) is 1. The zero-order chi connectivity index (χ0) is 19.4. The van der Waals surface area contributed by atoms with E-state index in [1.54, 1.807) is 0 Å².